The SMILES string of the molecule is Cc1nonc1CNC(=O)C1(C)CCCN(C(=O)c2ccnc(N3CCCC3)c2)C1. The highest BCUT2D eigenvalue weighted by Gasteiger charge is 2.39. The van der Waals surface area contributed by atoms with E-state index in [1.165, 1.54) is 0 Å². The number of hydrogen-bond donors (Lipinski definition) is 1. The van der Waals surface area contributed by atoms with E-state index in [0.717, 1.165) is 44.6 Å². The Hall–Kier alpha value is -2.97. The zero-order valence-electron chi connectivity index (χ0n) is 17.6. The van der Waals surface area contributed by atoms with Crippen molar-refractivity contribution in [2.45, 2.75) is 46.1 Å². The number of nitrogens with one attached hydrogen (secondary N) is 1. The molecule has 1 atom stereocenters. The maximum Gasteiger partial charge on any atom is 0.254 e. The second kappa shape index (κ2) is 8.41. The van der Waals surface area contributed by atoms with Crippen molar-refractivity contribution in [3.8, 4) is 0 Å². The minimum absolute atomic E-state index is 0.0480. The Kier molecular flexibility index (Phi) is 5.69. The summed E-state index contributed by atoms with van der Waals surface area (Å²) in [6, 6.07) is 3.63. The molecule has 0 bridgehead atoms. The monoisotopic (exact) mass is 412 g/mol. The van der Waals surface area contributed by atoms with E-state index in [0.29, 0.717) is 30.0 Å². The number of carbonyl (C=O) groups is 2. The molecule has 9 heteroatoms. The molecular formula is C21H28N6O3. The Bertz CT molecular complexity index is 923. The van der Waals surface area contributed by atoms with Gasteiger partial charge < -0.3 is 15.1 Å². The molecule has 0 saturated carbocycles. The third kappa shape index (κ3) is 4.15. The molecule has 2 aliphatic heterocycles. The van der Waals surface area contributed by atoms with Gasteiger partial charge in [0.25, 0.3) is 5.91 Å². The van der Waals surface area contributed by atoms with Crippen molar-refractivity contribution in [2.24, 2.45) is 5.41 Å². The van der Waals surface area contributed by atoms with Crippen LogP contribution in [0.3, 0.4) is 0 Å². The number of aryl methyl sites for hydroxylation is 1. The summed E-state index contributed by atoms with van der Waals surface area (Å²) >= 11 is 0. The minimum atomic E-state index is -0.649. The molecule has 4 heterocycles. The molecule has 2 aromatic heterocycles. The smallest absolute Gasteiger partial charge is 0.254 e. The topological polar surface area (TPSA) is 104 Å². The maximum absolute atomic E-state index is 13.2. The summed E-state index contributed by atoms with van der Waals surface area (Å²) in [6.07, 6.45) is 5.52. The summed E-state index contributed by atoms with van der Waals surface area (Å²) in [5, 5.41) is 10.5. The van der Waals surface area contributed by atoms with Gasteiger partial charge in [0, 0.05) is 37.9 Å². The molecule has 1 unspecified atom stereocenters. The summed E-state index contributed by atoms with van der Waals surface area (Å²) in [6.45, 7) is 6.95. The van der Waals surface area contributed by atoms with Gasteiger partial charge in [0.15, 0.2) is 0 Å². The van der Waals surface area contributed by atoms with Crippen LogP contribution in [-0.4, -0.2) is 58.2 Å². The number of hydrogen-bond acceptors (Lipinski definition) is 7. The zero-order valence-corrected chi connectivity index (χ0v) is 17.6. The molecule has 30 heavy (non-hydrogen) atoms. The zero-order chi connectivity index (χ0) is 21.1. The third-order valence-electron chi connectivity index (χ3n) is 6.12. The van der Waals surface area contributed by atoms with Crippen LogP contribution in [0, 0.1) is 12.3 Å². The fourth-order valence-electron chi connectivity index (χ4n) is 4.24. The summed E-state index contributed by atoms with van der Waals surface area (Å²) in [5.74, 6) is 0.718. The quantitative estimate of drug-likeness (QED) is 0.800. The number of nitrogens with zero attached hydrogens (tertiary/aromatic N) is 5. The molecule has 0 aromatic carbocycles. The van der Waals surface area contributed by atoms with Crippen LogP contribution < -0.4 is 10.2 Å². The summed E-state index contributed by atoms with van der Waals surface area (Å²) < 4.78 is 4.68. The molecule has 9 nitrogen and oxygen atoms in total. The van der Waals surface area contributed by atoms with Crippen molar-refractivity contribution >= 4 is 17.6 Å². The van der Waals surface area contributed by atoms with Gasteiger partial charge in [0.05, 0.1) is 12.0 Å². The van der Waals surface area contributed by atoms with Crippen molar-refractivity contribution in [1.29, 1.82) is 0 Å². The summed E-state index contributed by atoms with van der Waals surface area (Å²) in [4.78, 5) is 34.5. The van der Waals surface area contributed by atoms with Crippen LogP contribution >= 0.6 is 0 Å². The number of carbonyl (C=O) groups excluding carboxylic acids is 2. The largest absolute Gasteiger partial charge is 0.357 e. The molecule has 4 rings (SSSR count). The highest BCUT2D eigenvalue weighted by Crippen LogP contribution is 2.31. The first kappa shape index (κ1) is 20.3. The second-order valence-electron chi connectivity index (χ2n) is 8.47. The first-order valence-electron chi connectivity index (χ1n) is 10.5. The van der Waals surface area contributed by atoms with Crippen molar-refractivity contribution in [1.82, 2.24) is 25.5 Å². The van der Waals surface area contributed by atoms with Crippen LogP contribution in [0.15, 0.2) is 23.0 Å². The van der Waals surface area contributed by atoms with Crippen molar-refractivity contribution in [3.05, 3.63) is 35.3 Å². The lowest BCUT2D eigenvalue weighted by Crippen LogP contribution is -2.51. The maximum atomic E-state index is 13.2. The van der Waals surface area contributed by atoms with E-state index < -0.39 is 5.41 Å². The van der Waals surface area contributed by atoms with Gasteiger partial charge in [-0.3, -0.25) is 9.59 Å². The number of aromatic nitrogens is 3. The standard InChI is InChI=1S/C21H28N6O3/c1-15-17(25-30-24-15)13-23-20(29)21(2)7-5-11-27(14-21)19(28)16-6-8-22-18(12-16)26-9-3-4-10-26/h6,8,12H,3-5,7,9-11,13-14H2,1-2H3,(H,23,29). The van der Waals surface area contributed by atoms with E-state index in [1.54, 1.807) is 24.1 Å². The van der Waals surface area contributed by atoms with Crippen molar-refractivity contribution in [3.63, 3.8) is 0 Å². The van der Waals surface area contributed by atoms with Crippen LogP contribution in [0.2, 0.25) is 0 Å². The van der Waals surface area contributed by atoms with Crippen molar-refractivity contribution in [2.75, 3.05) is 31.1 Å². The Balaban J connectivity index is 1.42. The van der Waals surface area contributed by atoms with E-state index in [1.807, 2.05) is 13.0 Å². The first-order valence-corrected chi connectivity index (χ1v) is 10.5. The molecule has 2 saturated heterocycles. The fourth-order valence-corrected chi connectivity index (χ4v) is 4.24. The van der Waals surface area contributed by atoms with Gasteiger partial charge >= 0.3 is 0 Å². The Morgan fingerprint density at radius 3 is 2.73 bits per heavy atom. The van der Waals surface area contributed by atoms with Gasteiger partial charge in [-0.05, 0) is 51.7 Å². The molecular weight excluding hydrogens is 384 g/mol. The van der Waals surface area contributed by atoms with Gasteiger partial charge in [0.1, 0.15) is 17.2 Å². The summed E-state index contributed by atoms with van der Waals surface area (Å²) in [5.41, 5.74) is 1.25. The minimum Gasteiger partial charge on any atom is -0.357 e. The number of pyridine rings is 1. The molecule has 2 fully saturated rings. The highest BCUT2D eigenvalue weighted by atomic mass is 16.6. The fraction of sp³-hybridized carbons (Fsp3) is 0.571. The van der Waals surface area contributed by atoms with E-state index >= 15 is 0 Å². The Morgan fingerprint density at radius 1 is 1.20 bits per heavy atom. The molecule has 0 spiro atoms. The number of anilines is 1. The lowest BCUT2D eigenvalue weighted by molar-refractivity contribution is -0.132. The van der Waals surface area contributed by atoms with Crippen LogP contribution in [0.5, 0.6) is 0 Å². The number of rotatable bonds is 5. The predicted molar refractivity (Wildman–Crippen MR) is 110 cm³/mol. The Morgan fingerprint density at radius 2 is 2.00 bits per heavy atom. The predicted octanol–water partition coefficient (Wildman–Crippen LogP) is 1.93. The van der Waals surface area contributed by atoms with E-state index in [4.69, 9.17) is 0 Å². The molecule has 0 aliphatic carbocycles. The first-order chi connectivity index (χ1) is 14.5. The van der Waals surface area contributed by atoms with E-state index in [-0.39, 0.29) is 18.4 Å². The summed E-state index contributed by atoms with van der Waals surface area (Å²) in [7, 11) is 0. The van der Waals surface area contributed by atoms with E-state index in [9.17, 15) is 9.59 Å². The van der Waals surface area contributed by atoms with Crippen LogP contribution in [-0.2, 0) is 11.3 Å². The Labute approximate surface area is 175 Å². The van der Waals surface area contributed by atoms with Gasteiger partial charge in [-0.1, -0.05) is 10.3 Å². The molecule has 2 aromatic rings. The lowest BCUT2D eigenvalue weighted by Gasteiger charge is -2.39. The van der Waals surface area contributed by atoms with Gasteiger partial charge in [0.2, 0.25) is 5.91 Å². The van der Waals surface area contributed by atoms with Gasteiger partial charge in [-0.2, -0.15) is 0 Å². The van der Waals surface area contributed by atoms with Gasteiger partial charge in [-0.25, -0.2) is 9.61 Å². The highest BCUT2D eigenvalue weighted by molar-refractivity contribution is 5.95. The van der Waals surface area contributed by atoms with Crippen LogP contribution in [0.4, 0.5) is 5.82 Å². The molecule has 2 amide bonds. The number of piperidine rings is 1. The molecule has 0 radical (unpaired) electrons. The van der Waals surface area contributed by atoms with E-state index in [2.05, 4.69) is 30.1 Å². The second-order valence-corrected chi connectivity index (χ2v) is 8.47. The van der Waals surface area contributed by atoms with Crippen molar-refractivity contribution < 1.29 is 14.2 Å². The molecule has 2 aliphatic rings. The van der Waals surface area contributed by atoms with Crippen LogP contribution in [0.25, 0.3) is 0 Å². The molecule has 160 valence electrons. The number of likely N-dealkylation sites (tertiary alicyclic amines) is 1. The number of amides is 2. The average molecular weight is 412 g/mol. The lowest BCUT2D eigenvalue weighted by atomic mass is 9.80. The normalized spacial score (nSPS) is 21.7. The third-order valence-corrected chi connectivity index (χ3v) is 6.12. The average Bonchev–Trinajstić information content (AvgIpc) is 3.43. The van der Waals surface area contributed by atoms with Crippen LogP contribution in [0.1, 0.15) is 54.4 Å². The van der Waals surface area contributed by atoms with Gasteiger partial charge in [-0.15, -0.1) is 0 Å². The molecule has 1 N–H and O–H groups in total.